The van der Waals surface area contributed by atoms with Gasteiger partial charge in [-0.3, -0.25) is 0 Å². The Balaban J connectivity index is 3.24. The van der Waals surface area contributed by atoms with Crippen LogP contribution >= 0.6 is 0 Å². The van der Waals surface area contributed by atoms with Gasteiger partial charge in [0.05, 0.1) is 6.54 Å². The summed E-state index contributed by atoms with van der Waals surface area (Å²) in [6, 6.07) is 1.79. The molecule has 1 aromatic heterocycles. The first-order chi connectivity index (χ1) is 9.38. The van der Waals surface area contributed by atoms with Gasteiger partial charge in [0.1, 0.15) is 4.90 Å². The maximum atomic E-state index is 12.6. The molecule has 6 heteroatoms. The van der Waals surface area contributed by atoms with Crippen molar-refractivity contribution in [1.29, 1.82) is 0 Å². The lowest BCUT2D eigenvalue weighted by Crippen LogP contribution is -2.32. The molecule has 5 nitrogen and oxygen atoms in total. The summed E-state index contributed by atoms with van der Waals surface area (Å²) in [7, 11) is -3.56. The van der Waals surface area contributed by atoms with Crippen LogP contribution in [0.2, 0.25) is 0 Å². The first kappa shape index (κ1) is 16.8. The summed E-state index contributed by atoms with van der Waals surface area (Å²) in [6.07, 6.45) is 7.62. The fourth-order valence-corrected chi connectivity index (χ4v) is 3.56. The zero-order chi connectivity index (χ0) is 15.3. The van der Waals surface area contributed by atoms with Crippen LogP contribution in [-0.4, -0.2) is 30.4 Å². The van der Waals surface area contributed by atoms with Gasteiger partial charge in [-0.25, -0.2) is 8.42 Å². The van der Waals surface area contributed by atoms with Crippen LogP contribution in [0.3, 0.4) is 0 Å². The van der Waals surface area contributed by atoms with E-state index in [1.165, 1.54) is 4.31 Å². The molecule has 20 heavy (non-hydrogen) atoms. The number of terminal acetylenes is 1. The Hall–Kier alpha value is -1.29. The van der Waals surface area contributed by atoms with E-state index >= 15 is 0 Å². The van der Waals surface area contributed by atoms with Gasteiger partial charge in [0.15, 0.2) is 0 Å². The smallest absolute Gasteiger partial charge is 0.245 e. The van der Waals surface area contributed by atoms with E-state index in [1.807, 2.05) is 25.3 Å². The fraction of sp³-hybridized carbons (Fsp3) is 0.571. The SMILES string of the molecule is C#CCN(CCC)S(=O)(=O)c1cc(CN)n(C(C)C)c1. The third-order valence-electron chi connectivity index (χ3n) is 3.05. The average Bonchev–Trinajstić information content (AvgIpc) is 2.83. The van der Waals surface area contributed by atoms with Gasteiger partial charge in [-0.1, -0.05) is 12.8 Å². The summed E-state index contributed by atoms with van der Waals surface area (Å²) >= 11 is 0. The van der Waals surface area contributed by atoms with Crippen molar-refractivity contribution in [3.8, 4) is 12.3 Å². The van der Waals surface area contributed by atoms with Crippen molar-refractivity contribution in [2.24, 2.45) is 5.73 Å². The summed E-state index contributed by atoms with van der Waals surface area (Å²) in [6.45, 7) is 6.69. The third kappa shape index (κ3) is 3.42. The van der Waals surface area contributed by atoms with Gasteiger partial charge in [-0.15, -0.1) is 6.42 Å². The molecule has 0 spiro atoms. The lowest BCUT2D eigenvalue weighted by molar-refractivity contribution is 0.445. The van der Waals surface area contributed by atoms with Gasteiger partial charge in [0.25, 0.3) is 0 Å². The van der Waals surface area contributed by atoms with Crippen LogP contribution in [0.1, 0.15) is 38.9 Å². The van der Waals surface area contributed by atoms with Crippen molar-refractivity contribution in [3.05, 3.63) is 18.0 Å². The van der Waals surface area contributed by atoms with Crippen LogP contribution in [0.5, 0.6) is 0 Å². The first-order valence-corrected chi connectivity index (χ1v) is 8.16. The van der Waals surface area contributed by atoms with Gasteiger partial charge < -0.3 is 10.3 Å². The van der Waals surface area contributed by atoms with Crippen LogP contribution in [0.15, 0.2) is 17.2 Å². The monoisotopic (exact) mass is 297 g/mol. The molecule has 0 saturated heterocycles. The highest BCUT2D eigenvalue weighted by atomic mass is 32.2. The number of nitrogens with two attached hydrogens (primary N) is 1. The molecule has 0 aliphatic carbocycles. The number of rotatable bonds is 7. The molecule has 0 atom stereocenters. The standard InChI is InChI=1S/C14H23N3O2S/c1-5-7-16(8-6-2)20(18,19)14-9-13(10-15)17(11-14)12(3)4/h1,9,11-12H,6-8,10,15H2,2-4H3. The number of sulfonamides is 1. The van der Waals surface area contributed by atoms with E-state index in [9.17, 15) is 8.42 Å². The maximum absolute atomic E-state index is 12.6. The third-order valence-corrected chi connectivity index (χ3v) is 4.86. The Morgan fingerprint density at radius 2 is 2.15 bits per heavy atom. The first-order valence-electron chi connectivity index (χ1n) is 6.72. The summed E-state index contributed by atoms with van der Waals surface area (Å²) in [4.78, 5) is 0.260. The van der Waals surface area contributed by atoms with E-state index in [0.717, 1.165) is 12.1 Å². The van der Waals surface area contributed by atoms with Gasteiger partial charge in [0, 0.05) is 31.0 Å². The number of nitrogens with zero attached hydrogens (tertiary/aromatic N) is 2. The molecule has 1 heterocycles. The Kier molecular flexibility index (Phi) is 5.81. The topological polar surface area (TPSA) is 68.3 Å². The number of aromatic nitrogens is 1. The van der Waals surface area contributed by atoms with Crippen LogP contribution in [0.4, 0.5) is 0 Å². The van der Waals surface area contributed by atoms with Crippen molar-refractivity contribution >= 4 is 10.0 Å². The van der Waals surface area contributed by atoms with Crippen molar-refractivity contribution in [2.75, 3.05) is 13.1 Å². The molecule has 0 aliphatic rings. The lowest BCUT2D eigenvalue weighted by atomic mass is 10.3. The van der Waals surface area contributed by atoms with Crippen LogP contribution in [-0.2, 0) is 16.6 Å². The van der Waals surface area contributed by atoms with E-state index in [4.69, 9.17) is 12.2 Å². The average molecular weight is 297 g/mol. The minimum absolute atomic E-state index is 0.0843. The van der Waals surface area contributed by atoms with E-state index in [-0.39, 0.29) is 17.5 Å². The largest absolute Gasteiger partial charge is 0.346 e. The molecular weight excluding hydrogens is 274 g/mol. The van der Waals surface area contributed by atoms with Crippen molar-refractivity contribution < 1.29 is 8.42 Å². The molecule has 0 saturated carbocycles. The maximum Gasteiger partial charge on any atom is 0.245 e. The normalized spacial score (nSPS) is 12.1. The predicted octanol–water partition coefficient (Wildman–Crippen LogP) is 1.56. The summed E-state index contributed by atoms with van der Waals surface area (Å²) in [5, 5.41) is 0. The highest BCUT2D eigenvalue weighted by Crippen LogP contribution is 2.22. The highest BCUT2D eigenvalue weighted by Gasteiger charge is 2.25. The van der Waals surface area contributed by atoms with Gasteiger partial charge in [-0.2, -0.15) is 4.31 Å². The summed E-state index contributed by atoms with van der Waals surface area (Å²) in [5.41, 5.74) is 6.48. The molecule has 0 radical (unpaired) electrons. The van der Waals surface area contributed by atoms with Crippen molar-refractivity contribution in [1.82, 2.24) is 8.87 Å². The van der Waals surface area contributed by atoms with E-state index in [1.54, 1.807) is 12.3 Å². The van der Waals surface area contributed by atoms with Crippen molar-refractivity contribution in [2.45, 2.75) is 44.7 Å². The van der Waals surface area contributed by atoms with E-state index in [2.05, 4.69) is 5.92 Å². The second kappa shape index (κ2) is 6.93. The fourth-order valence-electron chi connectivity index (χ4n) is 2.07. The van der Waals surface area contributed by atoms with E-state index < -0.39 is 10.0 Å². The molecule has 112 valence electrons. The zero-order valence-electron chi connectivity index (χ0n) is 12.3. The molecular formula is C14H23N3O2S. The van der Waals surface area contributed by atoms with Crippen LogP contribution in [0.25, 0.3) is 0 Å². The molecule has 1 rings (SSSR count). The predicted molar refractivity (Wildman–Crippen MR) is 80.6 cm³/mol. The molecule has 0 aliphatic heterocycles. The molecule has 1 aromatic rings. The molecule has 0 amide bonds. The molecule has 0 fully saturated rings. The minimum atomic E-state index is -3.56. The molecule has 0 bridgehead atoms. The molecule has 0 unspecified atom stereocenters. The Bertz CT molecular complexity index is 582. The second-order valence-electron chi connectivity index (χ2n) is 4.92. The Labute approximate surface area is 121 Å². The summed E-state index contributed by atoms with van der Waals surface area (Å²) in [5.74, 6) is 2.40. The number of hydrogen-bond donors (Lipinski definition) is 1. The van der Waals surface area contributed by atoms with Gasteiger partial charge in [-0.05, 0) is 26.3 Å². The van der Waals surface area contributed by atoms with Crippen LogP contribution in [0, 0.1) is 12.3 Å². The second-order valence-corrected chi connectivity index (χ2v) is 6.85. The Morgan fingerprint density at radius 1 is 1.50 bits per heavy atom. The highest BCUT2D eigenvalue weighted by molar-refractivity contribution is 7.89. The quantitative estimate of drug-likeness (QED) is 0.777. The summed E-state index contributed by atoms with van der Waals surface area (Å²) < 4.78 is 28.4. The minimum Gasteiger partial charge on any atom is -0.346 e. The van der Waals surface area contributed by atoms with Gasteiger partial charge in [0.2, 0.25) is 10.0 Å². The molecule has 2 N–H and O–H groups in total. The lowest BCUT2D eigenvalue weighted by Gasteiger charge is -2.18. The zero-order valence-corrected chi connectivity index (χ0v) is 13.2. The van der Waals surface area contributed by atoms with Crippen molar-refractivity contribution in [3.63, 3.8) is 0 Å². The Morgan fingerprint density at radius 3 is 2.55 bits per heavy atom. The van der Waals surface area contributed by atoms with E-state index in [0.29, 0.717) is 13.1 Å². The molecule has 0 aromatic carbocycles. The van der Waals surface area contributed by atoms with Crippen LogP contribution < -0.4 is 5.73 Å². The van der Waals surface area contributed by atoms with Gasteiger partial charge >= 0.3 is 0 Å². The number of hydrogen-bond acceptors (Lipinski definition) is 3.